The number of phenols is 1. The fraction of sp³-hybridized carbons (Fsp3) is 0.364. The summed E-state index contributed by atoms with van der Waals surface area (Å²) in [5, 5.41) is 9.26. The Hall–Kier alpha value is -1.31. The van der Waals surface area contributed by atoms with Crippen LogP contribution in [0.15, 0.2) is 18.2 Å². The van der Waals surface area contributed by atoms with E-state index in [1.54, 1.807) is 12.1 Å². The topological polar surface area (TPSA) is 37.3 Å². The Kier molecular flexibility index (Phi) is 2.05. The molecule has 0 fully saturated rings. The van der Waals surface area contributed by atoms with Crippen LogP contribution in [0.5, 0.6) is 5.75 Å². The summed E-state index contributed by atoms with van der Waals surface area (Å²) in [5.74, 6) is 0.540. The van der Waals surface area contributed by atoms with Gasteiger partial charge in [0.2, 0.25) is 0 Å². The molecular weight excluding hydrogens is 164 g/mol. The number of benzene rings is 1. The highest BCUT2D eigenvalue weighted by Crippen LogP contribution is 2.22. The largest absolute Gasteiger partial charge is 0.508 e. The number of hydrogen-bond donors (Lipinski definition) is 1. The molecule has 1 aromatic rings. The van der Waals surface area contributed by atoms with Crippen molar-refractivity contribution in [3.05, 3.63) is 29.3 Å². The molecule has 2 heteroatoms. The monoisotopic (exact) mass is 176 g/mol. The fourth-order valence-electron chi connectivity index (χ4n) is 1.80. The lowest BCUT2D eigenvalue weighted by atomic mass is 10.0. The number of hydrogen-bond acceptors (Lipinski definition) is 2. The lowest BCUT2D eigenvalue weighted by molar-refractivity contribution is -0.118. The Balaban J connectivity index is 2.40. The van der Waals surface area contributed by atoms with E-state index >= 15 is 0 Å². The highest BCUT2D eigenvalue weighted by atomic mass is 16.3. The third-order valence-corrected chi connectivity index (χ3v) is 2.48. The normalized spacial score (nSPS) is 16.5. The van der Waals surface area contributed by atoms with Gasteiger partial charge in [-0.05, 0) is 36.1 Å². The van der Waals surface area contributed by atoms with Gasteiger partial charge in [-0.3, -0.25) is 4.79 Å². The van der Waals surface area contributed by atoms with Gasteiger partial charge in [-0.2, -0.15) is 0 Å². The van der Waals surface area contributed by atoms with Gasteiger partial charge in [0, 0.05) is 12.8 Å². The number of aromatic hydroxyl groups is 1. The van der Waals surface area contributed by atoms with E-state index in [0.29, 0.717) is 12.8 Å². The Morgan fingerprint density at radius 3 is 2.85 bits per heavy atom. The molecule has 68 valence electrons. The first-order chi connectivity index (χ1) is 6.25. The Morgan fingerprint density at radius 1 is 1.15 bits per heavy atom. The molecule has 0 aliphatic heterocycles. The van der Waals surface area contributed by atoms with E-state index in [1.165, 1.54) is 5.56 Å². The molecule has 1 aliphatic rings. The number of ketones is 1. The Bertz CT molecular complexity index is 342. The molecule has 0 heterocycles. The van der Waals surface area contributed by atoms with Crippen molar-refractivity contribution in [1.82, 2.24) is 0 Å². The first kappa shape index (κ1) is 8.30. The van der Waals surface area contributed by atoms with Crippen LogP contribution in [-0.4, -0.2) is 10.9 Å². The van der Waals surface area contributed by atoms with E-state index in [0.717, 1.165) is 18.4 Å². The van der Waals surface area contributed by atoms with Crippen LogP contribution in [0.2, 0.25) is 0 Å². The van der Waals surface area contributed by atoms with Gasteiger partial charge in [0.05, 0.1) is 0 Å². The van der Waals surface area contributed by atoms with Crippen molar-refractivity contribution in [2.45, 2.75) is 25.7 Å². The zero-order valence-corrected chi connectivity index (χ0v) is 7.42. The lowest BCUT2D eigenvalue weighted by Crippen LogP contribution is -1.99. The van der Waals surface area contributed by atoms with E-state index in [1.807, 2.05) is 6.07 Å². The van der Waals surface area contributed by atoms with Crippen molar-refractivity contribution in [1.29, 1.82) is 0 Å². The average molecular weight is 176 g/mol. The van der Waals surface area contributed by atoms with Gasteiger partial charge in [0.15, 0.2) is 0 Å². The number of carbonyl (C=O) groups is 1. The molecule has 2 rings (SSSR count). The molecule has 0 aromatic heterocycles. The smallest absolute Gasteiger partial charge is 0.137 e. The maximum absolute atomic E-state index is 11.3. The third kappa shape index (κ3) is 1.72. The van der Waals surface area contributed by atoms with Crippen LogP contribution in [0.25, 0.3) is 0 Å². The summed E-state index contributed by atoms with van der Waals surface area (Å²) in [7, 11) is 0. The summed E-state index contributed by atoms with van der Waals surface area (Å²) in [5.41, 5.74) is 2.21. The lowest BCUT2D eigenvalue weighted by Gasteiger charge is -2.04. The molecule has 0 amide bonds. The zero-order valence-electron chi connectivity index (χ0n) is 7.42. The second kappa shape index (κ2) is 3.21. The molecule has 2 nitrogen and oxygen atoms in total. The highest BCUT2D eigenvalue weighted by Gasteiger charge is 2.13. The van der Waals surface area contributed by atoms with Crippen LogP contribution < -0.4 is 0 Å². The SMILES string of the molecule is O=C1CCCc2ccc(O)cc2C1. The van der Waals surface area contributed by atoms with Crippen LogP contribution in [0, 0.1) is 0 Å². The highest BCUT2D eigenvalue weighted by molar-refractivity contribution is 5.81. The molecule has 0 spiro atoms. The standard InChI is InChI=1S/C11H12O2/c12-10-3-1-2-8-4-5-11(13)7-9(8)6-10/h4-5,7,13H,1-3,6H2. The molecule has 0 radical (unpaired) electrons. The van der Waals surface area contributed by atoms with Gasteiger partial charge in [0.1, 0.15) is 11.5 Å². The van der Waals surface area contributed by atoms with Crippen molar-refractivity contribution < 1.29 is 9.90 Å². The number of Topliss-reactive ketones (excluding diaryl/α,β-unsaturated/α-hetero) is 1. The fourth-order valence-corrected chi connectivity index (χ4v) is 1.80. The summed E-state index contributed by atoms with van der Waals surface area (Å²) in [6, 6.07) is 5.32. The van der Waals surface area contributed by atoms with Gasteiger partial charge in [-0.1, -0.05) is 6.07 Å². The van der Waals surface area contributed by atoms with Crippen LogP contribution in [0.4, 0.5) is 0 Å². The zero-order chi connectivity index (χ0) is 9.26. The maximum Gasteiger partial charge on any atom is 0.137 e. The summed E-state index contributed by atoms with van der Waals surface area (Å²) in [4.78, 5) is 11.3. The van der Waals surface area contributed by atoms with Crippen molar-refractivity contribution in [2.24, 2.45) is 0 Å². The van der Waals surface area contributed by atoms with Crippen LogP contribution in [0.3, 0.4) is 0 Å². The van der Waals surface area contributed by atoms with E-state index in [9.17, 15) is 9.90 Å². The number of phenolic OH excluding ortho intramolecular Hbond substituents is 1. The number of aryl methyl sites for hydroxylation is 1. The van der Waals surface area contributed by atoms with Crippen molar-refractivity contribution in [3.63, 3.8) is 0 Å². The first-order valence-corrected chi connectivity index (χ1v) is 4.58. The maximum atomic E-state index is 11.3. The number of rotatable bonds is 0. The van der Waals surface area contributed by atoms with Crippen LogP contribution in [0.1, 0.15) is 24.0 Å². The Morgan fingerprint density at radius 2 is 2.00 bits per heavy atom. The minimum absolute atomic E-state index is 0.258. The minimum atomic E-state index is 0.258. The second-order valence-corrected chi connectivity index (χ2v) is 3.52. The minimum Gasteiger partial charge on any atom is -0.508 e. The number of fused-ring (bicyclic) bond motifs is 1. The van der Waals surface area contributed by atoms with Crippen molar-refractivity contribution in [2.75, 3.05) is 0 Å². The van der Waals surface area contributed by atoms with E-state index in [4.69, 9.17) is 0 Å². The second-order valence-electron chi connectivity index (χ2n) is 3.52. The summed E-state index contributed by atoms with van der Waals surface area (Å²) in [6.45, 7) is 0. The first-order valence-electron chi connectivity index (χ1n) is 4.58. The molecule has 0 atom stereocenters. The Labute approximate surface area is 77.2 Å². The van der Waals surface area contributed by atoms with Gasteiger partial charge in [-0.15, -0.1) is 0 Å². The summed E-state index contributed by atoms with van der Waals surface area (Å²) < 4.78 is 0. The summed E-state index contributed by atoms with van der Waals surface area (Å²) >= 11 is 0. The van der Waals surface area contributed by atoms with Gasteiger partial charge in [-0.25, -0.2) is 0 Å². The van der Waals surface area contributed by atoms with Gasteiger partial charge >= 0.3 is 0 Å². The van der Waals surface area contributed by atoms with Crippen molar-refractivity contribution >= 4 is 5.78 Å². The van der Waals surface area contributed by atoms with Gasteiger partial charge in [0.25, 0.3) is 0 Å². The molecular formula is C11H12O2. The van der Waals surface area contributed by atoms with E-state index < -0.39 is 0 Å². The molecule has 1 N–H and O–H groups in total. The predicted molar refractivity (Wildman–Crippen MR) is 49.8 cm³/mol. The molecule has 1 aliphatic carbocycles. The van der Waals surface area contributed by atoms with Crippen LogP contribution >= 0.6 is 0 Å². The van der Waals surface area contributed by atoms with Crippen LogP contribution in [-0.2, 0) is 17.6 Å². The molecule has 0 saturated heterocycles. The molecule has 0 saturated carbocycles. The van der Waals surface area contributed by atoms with Gasteiger partial charge < -0.3 is 5.11 Å². The predicted octanol–water partition coefficient (Wildman–Crippen LogP) is 1.84. The van der Waals surface area contributed by atoms with Crippen molar-refractivity contribution in [3.8, 4) is 5.75 Å². The molecule has 1 aromatic carbocycles. The summed E-state index contributed by atoms with van der Waals surface area (Å²) in [6.07, 6.45) is 3.07. The third-order valence-electron chi connectivity index (χ3n) is 2.48. The molecule has 0 unspecified atom stereocenters. The molecule has 0 bridgehead atoms. The average Bonchev–Trinajstić information content (AvgIpc) is 2.25. The van der Waals surface area contributed by atoms with E-state index in [2.05, 4.69) is 0 Å². The number of carbonyl (C=O) groups excluding carboxylic acids is 1. The quantitative estimate of drug-likeness (QED) is 0.612. The van der Waals surface area contributed by atoms with E-state index in [-0.39, 0.29) is 11.5 Å². The molecule has 13 heavy (non-hydrogen) atoms.